The minimum atomic E-state index is -0.0679. The third kappa shape index (κ3) is 5.77. The van der Waals surface area contributed by atoms with E-state index in [4.69, 9.17) is 5.73 Å². The summed E-state index contributed by atoms with van der Waals surface area (Å²) in [5.74, 6) is 1.94. The van der Waals surface area contributed by atoms with E-state index in [2.05, 4.69) is 12.2 Å². The molecule has 0 aromatic heterocycles. The lowest BCUT2D eigenvalue weighted by Crippen LogP contribution is -2.32. The van der Waals surface area contributed by atoms with Crippen LogP contribution in [0.2, 0.25) is 0 Å². The molecule has 0 bridgehead atoms. The summed E-state index contributed by atoms with van der Waals surface area (Å²) in [7, 11) is 0. The Morgan fingerprint density at radius 2 is 2.33 bits per heavy atom. The van der Waals surface area contributed by atoms with Gasteiger partial charge in [-0.3, -0.25) is 4.79 Å². The first kappa shape index (κ1) is 14.6. The van der Waals surface area contributed by atoms with Gasteiger partial charge in [0.1, 0.15) is 0 Å². The van der Waals surface area contributed by atoms with Crippen LogP contribution in [-0.2, 0) is 4.79 Å². The lowest BCUT2D eigenvalue weighted by molar-refractivity contribution is -0.116. The predicted molar refractivity (Wildman–Crippen MR) is 80.5 cm³/mol. The van der Waals surface area contributed by atoms with E-state index in [-0.39, 0.29) is 11.9 Å². The highest BCUT2D eigenvalue weighted by Crippen LogP contribution is 2.08. The van der Waals surface area contributed by atoms with Crippen molar-refractivity contribution in [1.29, 1.82) is 0 Å². The maximum Gasteiger partial charge on any atom is 0.244 e. The van der Waals surface area contributed by atoms with E-state index in [1.807, 2.05) is 43.0 Å². The summed E-state index contributed by atoms with van der Waals surface area (Å²) >= 11 is 1.82. The van der Waals surface area contributed by atoms with Gasteiger partial charge in [-0.2, -0.15) is 11.8 Å². The number of hydrogen-bond acceptors (Lipinski definition) is 3. The van der Waals surface area contributed by atoms with Gasteiger partial charge >= 0.3 is 0 Å². The number of nitrogen functional groups attached to an aromatic ring is 1. The Kier molecular flexibility index (Phi) is 6.36. The number of anilines is 1. The second-order valence-electron chi connectivity index (χ2n) is 4.07. The Hall–Kier alpha value is -1.42. The first-order valence-electron chi connectivity index (χ1n) is 6.03. The van der Waals surface area contributed by atoms with Crippen molar-refractivity contribution in [2.24, 2.45) is 0 Å². The minimum absolute atomic E-state index is 0.0679. The van der Waals surface area contributed by atoms with Gasteiger partial charge in [0.25, 0.3) is 0 Å². The second-order valence-corrected chi connectivity index (χ2v) is 5.39. The molecular formula is C14H20N2OS. The molecule has 0 aliphatic carbocycles. The fourth-order valence-corrected chi connectivity index (χ4v) is 2.13. The van der Waals surface area contributed by atoms with Crippen molar-refractivity contribution in [1.82, 2.24) is 5.32 Å². The van der Waals surface area contributed by atoms with Gasteiger partial charge in [-0.15, -0.1) is 0 Å². The van der Waals surface area contributed by atoms with Gasteiger partial charge in [-0.25, -0.2) is 0 Å². The number of benzene rings is 1. The smallest absolute Gasteiger partial charge is 0.244 e. The summed E-state index contributed by atoms with van der Waals surface area (Å²) in [6.07, 6.45) is 3.31. The summed E-state index contributed by atoms with van der Waals surface area (Å²) in [6.45, 7) is 4.12. The van der Waals surface area contributed by atoms with Gasteiger partial charge < -0.3 is 11.1 Å². The zero-order valence-electron chi connectivity index (χ0n) is 10.8. The van der Waals surface area contributed by atoms with Crippen LogP contribution >= 0.6 is 11.8 Å². The van der Waals surface area contributed by atoms with Crippen molar-refractivity contribution >= 4 is 29.4 Å². The molecule has 4 heteroatoms. The Morgan fingerprint density at radius 1 is 1.56 bits per heavy atom. The molecule has 0 heterocycles. The molecule has 1 aromatic rings. The molecule has 1 rings (SSSR count). The normalized spacial score (nSPS) is 12.6. The summed E-state index contributed by atoms with van der Waals surface area (Å²) in [5, 5.41) is 2.92. The highest BCUT2D eigenvalue weighted by molar-refractivity contribution is 7.99. The number of nitrogens with one attached hydrogen (secondary N) is 1. The van der Waals surface area contributed by atoms with Crippen LogP contribution in [-0.4, -0.2) is 23.5 Å². The summed E-state index contributed by atoms with van der Waals surface area (Å²) in [4.78, 5) is 11.6. The average molecular weight is 264 g/mol. The second kappa shape index (κ2) is 7.82. The van der Waals surface area contributed by atoms with Crippen LogP contribution < -0.4 is 11.1 Å². The van der Waals surface area contributed by atoms with Gasteiger partial charge in [-0.05, 0) is 36.4 Å². The topological polar surface area (TPSA) is 55.1 Å². The van der Waals surface area contributed by atoms with Crippen molar-refractivity contribution in [3.63, 3.8) is 0 Å². The van der Waals surface area contributed by atoms with Crippen LogP contribution in [0, 0.1) is 0 Å². The van der Waals surface area contributed by atoms with Crippen molar-refractivity contribution in [3.05, 3.63) is 35.9 Å². The molecule has 0 fully saturated rings. The molecule has 3 nitrogen and oxygen atoms in total. The highest BCUT2D eigenvalue weighted by atomic mass is 32.2. The van der Waals surface area contributed by atoms with Crippen LogP contribution in [0.5, 0.6) is 0 Å². The molecule has 1 atom stereocenters. The molecule has 98 valence electrons. The zero-order chi connectivity index (χ0) is 13.4. The lowest BCUT2D eigenvalue weighted by Gasteiger charge is -2.10. The monoisotopic (exact) mass is 264 g/mol. The van der Waals surface area contributed by atoms with Crippen LogP contribution in [0.4, 0.5) is 5.69 Å². The van der Waals surface area contributed by atoms with E-state index < -0.39 is 0 Å². The largest absolute Gasteiger partial charge is 0.399 e. The Bertz CT molecular complexity index is 418. The van der Waals surface area contributed by atoms with Crippen LogP contribution in [0.3, 0.4) is 0 Å². The maximum absolute atomic E-state index is 11.6. The van der Waals surface area contributed by atoms with Gasteiger partial charge in [0.05, 0.1) is 0 Å². The van der Waals surface area contributed by atoms with Gasteiger partial charge in [0, 0.05) is 23.6 Å². The standard InChI is InChI=1S/C14H20N2OS/c1-3-18-10-11(2)16-14(17)8-7-12-5-4-6-13(15)9-12/h4-9,11H,3,10,15H2,1-2H3,(H,16,17)/b8-7+. The number of amides is 1. The van der Waals surface area contributed by atoms with Gasteiger partial charge in [-0.1, -0.05) is 19.1 Å². The number of nitrogens with two attached hydrogens (primary N) is 1. The Labute approximate surface area is 113 Å². The molecule has 0 saturated heterocycles. The average Bonchev–Trinajstić information content (AvgIpc) is 2.34. The predicted octanol–water partition coefficient (Wildman–Crippen LogP) is 2.54. The third-order valence-corrected chi connectivity index (χ3v) is 3.44. The molecule has 1 unspecified atom stereocenters. The molecular weight excluding hydrogens is 244 g/mol. The first-order chi connectivity index (χ1) is 8.61. The van der Waals surface area contributed by atoms with Crippen molar-refractivity contribution in [2.75, 3.05) is 17.2 Å². The van der Waals surface area contributed by atoms with Crippen LogP contribution in [0.25, 0.3) is 6.08 Å². The minimum Gasteiger partial charge on any atom is -0.399 e. The SMILES string of the molecule is CCSCC(C)NC(=O)/C=C/c1cccc(N)c1. The lowest BCUT2D eigenvalue weighted by atomic mass is 10.2. The van der Waals surface area contributed by atoms with Crippen LogP contribution in [0.15, 0.2) is 30.3 Å². The fraction of sp³-hybridized carbons (Fsp3) is 0.357. The van der Waals surface area contributed by atoms with Gasteiger partial charge in [0.15, 0.2) is 0 Å². The molecule has 18 heavy (non-hydrogen) atoms. The Balaban J connectivity index is 2.44. The molecule has 0 aliphatic heterocycles. The van der Waals surface area contributed by atoms with Crippen LogP contribution in [0.1, 0.15) is 19.4 Å². The van der Waals surface area contributed by atoms with Crippen molar-refractivity contribution in [3.8, 4) is 0 Å². The first-order valence-corrected chi connectivity index (χ1v) is 7.19. The van der Waals surface area contributed by atoms with E-state index in [0.29, 0.717) is 5.69 Å². The maximum atomic E-state index is 11.6. The van der Waals surface area contributed by atoms with E-state index in [9.17, 15) is 4.79 Å². The number of hydrogen-bond donors (Lipinski definition) is 2. The summed E-state index contributed by atoms with van der Waals surface area (Å²) in [6, 6.07) is 7.62. The molecule has 3 N–H and O–H groups in total. The zero-order valence-corrected chi connectivity index (χ0v) is 11.7. The van der Waals surface area contributed by atoms with Crippen molar-refractivity contribution < 1.29 is 4.79 Å². The fourth-order valence-electron chi connectivity index (χ4n) is 1.46. The molecule has 0 aliphatic rings. The number of carbonyl (C=O) groups is 1. The van der Waals surface area contributed by atoms with Gasteiger partial charge in [0.2, 0.25) is 5.91 Å². The van der Waals surface area contributed by atoms with E-state index >= 15 is 0 Å². The number of rotatable bonds is 6. The number of carbonyl (C=O) groups excluding carboxylic acids is 1. The van der Waals surface area contributed by atoms with Crippen molar-refractivity contribution in [2.45, 2.75) is 19.9 Å². The Morgan fingerprint density at radius 3 is 3.00 bits per heavy atom. The van der Waals surface area contributed by atoms with E-state index in [1.54, 1.807) is 12.2 Å². The summed E-state index contributed by atoms with van der Waals surface area (Å²) in [5.41, 5.74) is 7.29. The van der Waals surface area contributed by atoms with E-state index in [0.717, 1.165) is 17.1 Å². The van der Waals surface area contributed by atoms with E-state index in [1.165, 1.54) is 0 Å². The highest BCUT2D eigenvalue weighted by Gasteiger charge is 2.03. The molecule has 1 aromatic carbocycles. The quantitative estimate of drug-likeness (QED) is 0.613. The number of thioether (sulfide) groups is 1. The molecule has 0 spiro atoms. The molecule has 0 radical (unpaired) electrons. The summed E-state index contributed by atoms with van der Waals surface area (Å²) < 4.78 is 0. The molecule has 1 amide bonds. The molecule has 0 saturated carbocycles. The third-order valence-electron chi connectivity index (χ3n) is 2.30.